The van der Waals surface area contributed by atoms with E-state index in [4.69, 9.17) is 5.73 Å². The van der Waals surface area contributed by atoms with E-state index < -0.39 is 27.6 Å². The molecule has 1 atom stereocenters. The maximum Gasteiger partial charge on any atom is 0.241 e. The fourth-order valence-electron chi connectivity index (χ4n) is 1.39. The Morgan fingerprint density at radius 2 is 2.00 bits per heavy atom. The minimum Gasteiger partial charge on any atom is -0.389 e. The molecule has 0 radical (unpaired) electrons. The molecule has 19 heavy (non-hydrogen) atoms. The fourth-order valence-corrected chi connectivity index (χ4v) is 2.83. The molecule has 0 aliphatic carbocycles. The first-order valence-corrected chi connectivity index (χ1v) is 7.16. The SMILES string of the molecule is CC(O)c1cccc(S(=O)(=O)NC(C)(C)C(N)=O)c1. The molecule has 0 heterocycles. The zero-order valence-corrected chi connectivity index (χ0v) is 11.9. The van der Waals surface area contributed by atoms with Gasteiger partial charge in [0.15, 0.2) is 0 Å². The number of aliphatic hydroxyl groups is 1. The number of hydrogen-bond donors (Lipinski definition) is 3. The van der Waals surface area contributed by atoms with Crippen molar-refractivity contribution in [3.63, 3.8) is 0 Å². The second kappa shape index (κ2) is 5.28. The highest BCUT2D eigenvalue weighted by atomic mass is 32.2. The van der Waals surface area contributed by atoms with Gasteiger partial charge in [0.25, 0.3) is 0 Å². The Morgan fingerprint density at radius 3 is 2.47 bits per heavy atom. The predicted molar refractivity (Wildman–Crippen MR) is 70.7 cm³/mol. The highest BCUT2D eigenvalue weighted by Crippen LogP contribution is 2.18. The molecule has 1 rings (SSSR count). The van der Waals surface area contributed by atoms with E-state index in [1.165, 1.54) is 39.0 Å². The van der Waals surface area contributed by atoms with E-state index in [2.05, 4.69) is 4.72 Å². The van der Waals surface area contributed by atoms with E-state index >= 15 is 0 Å². The number of primary amides is 1. The quantitative estimate of drug-likeness (QED) is 0.722. The molecule has 0 aliphatic heterocycles. The van der Waals surface area contributed by atoms with Gasteiger partial charge in [-0.2, -0.15) is 4.72 Å². The lowest BCUT2D eigenvalue weighted by molar-refractivity contribution is -0.122. The zero-order chi connectivity index (χ0) is 14.8. The number of hydrogen-bond acceptors (Lipinski definition) is 4. The first-order chi connectivity index (χ1) is 8.56. The van der Waals surface area contributed by atoms with E-state index in [0.29, 0.717) is 5.56 Å². The van der Waals surface area contributed by atoms with Crippen molar-refractivity contribution in [2.24, 2.45) is 5.73 Å². The van der Waals surface area contributed by atoms with Crippen molar-refractivity contribution in [3.8, 4) is 0 Å². The molecule has 4 N–H and O–H groups in total. The number of carbonyl (C=O) groups is 1. The van der Waals surface area contributed by atoms with Crippen LogP contribution in [0.25, 0.3) is 0 Å². The van der Waals surface area contributed by atoms with Gasteiger partial charge in [0.1, 0.15) is 5.54 Å². The van der Waals surface area contributed by atoms with Crippen molar-refractivity contribution >= 4 is 15.9 Å². The van der Waals surface area contributed by atoms with Crippen molar-refractivity contribution in [2.75, 3.05) is 0 Å². The van der Waals surface area contributed by atoms with E-state index in [-0.39, 0.29) is 4.90 Å². The Bertz CT molecular complexity index is 579. The van der Waals surface area contributed by atoms with E-state index in [0.717, 1.165) is 0 Å². The van der Waals surface area contributed by atoms with Gasteiger partial charge in [-0.1, -0.05) is 12.1 Å². The number of amides is 1. The van der Waals surface area contributed by atoms with Crippen LogP contribution in [0.1, 0.15) is 32.4 Å². The summed E-state index contributed by atoms with van der Waals surface area (Å²) < 4.78 is 26.5. The number of benzene rings is 1. The van der Waals surface area contributed by atoms with Crippen molar-refractivity contribution < 1.29 is 18.3 Å². The first-order valence-electron chi connectivity index (χ1n) is 5.68. The van der Waals surface area contributed by atoms with Crippen LogP contribution >= 0.6 is 0 Å². The van der Waals surface area contributed by atoms with Crippen LogP contribution in [0.4, 0.5) is 0 Å². The molecule has 1 aromatic carbocycles. The minimum absolute atomic E-state index is 0.0276. The molecule has 0 aromatic heterocycles. The number of nitrogens with two attached hydrogens (primary N) is 1. The van der Waals surface area contributed by atoms with Gasteiger partial charge in [0.2, 0.25) is 15.9 Å². The summed E-state index contributed by atoms with van der Waals surface area (Å²) >= 11 is 0. The summed E-state index contributed by atoms with van der Waals surface area (Å²) in [5.74, 6) is -0.775. The highest BCUT2D eigenvalue weighted by Gasteiger charge is 2.31. The first kappa shape index (κ1) is 15.6. The Labute approximate surface area is 112 Å². The summed E-state index contributed by atoms with van der Waals surface area (Å²) in [5.41, 5.74) is 4.21. The molecular weight excluding hydrogens is 268 g/mol. The van der Waals surface area contributed by atoms with Gasteiger partial charge >= 0.3 is 0 Å². The molecule has 1 aromatic rings. The molecule has 7 heteroatoms. The summed E-state index contributed by atoms with van der Waals surface area (Å²) in [7, 11) is -3.88. The van der Waals surface area contributed by atoms with Crippen LogP contribution in [-0.4, -0.2) is 25.0 Å². The maximum absolute atomic E-state index is 12.1. The number of carbonyl (C=O) groups excluding carboxylic acids is 1. The number of sulfonamides is 1. The standard InChI is InChI=1S/C12H18N2O4S/c1-8(15)9-5-4-6-10(7-9)19(17,18)14-12(2,3)11(13)16/h4-8,14-15H,1-3H3,(H2,13,16). The van der Waals surface area contributed by atoms with Crippen LogP contribution in [0.5, 0.6) is 0 Å². The zero-order valence-electron chi connectivity index (χ0n) is 11.0. The molecular formula is C12H18N2O4S. The third kappa shape index (κ3) is 3.76. The molecule has 1 amide bonds. The third-order valence-corrected chi connectivity index (χ3v) is 4.31. The molecule has 0 saturated heterocycles. The topological polar surface area (TPSA) is 109 Å². The Balaban J connectivity index is 3.14. The third-order valence-electron chi connectivity index (χ3n) is 2.66. The van der Waals surface area contributed by atoms with Crippen LogP contribution in [0.2, 0.25) is 0 Å². The molecule has 106 valence electrons. The second-order valence-electron chi connectivity index (χ2n) is 4.84. The van der Waals surface area contributed by atoms with E-state index in [1.807, 2.05) is 0 Å². The average Bonchev–Trinajstić information content (AvgIpc) is 2.27. The molecule has 0 spiro atoms. The monoisotopic (exact) mass is 286 g/mol. The van der Waals surface area contributed by atoms with Crippen LogP contribution in [-0.2, 0) is 14.8 Å². The fraction of sp³-hybridized carbons (Fsp3) is 0.417. The molecule has 0 aliphatic rings. The molecule has 0 bridgehead atoms. The summed E-state index contributed by atoms with van der Waals surface area (Å²) in [5, 5.41) is 9.45. The van der Waals surface area contributed by atoms with Crippen LogP contribution in [0.15, 0.2) is 29.2 Å². The Morgan fingerprint density at radius 1 is 1.42 bits per heavy atom. The van der Waals surface area contributed by atoms with Gasteiger partial charge in [-0.15, -0.1) is 0 Å². The number of aliphatic hydroxyl groups excluding tert-OH is 1. The smallest absolute Gasteiger partial charge is 0.241 e. The molecule has 6 nitrogen and oxygen atoms in total. The maximum atomic E-state index is 12.1. The van der Waals surface area contributed by atoms with Gasteiger partial charge in [-0.25, -0.2) is 8.42 Å². The van der Waals surface area contributed by atoms with Crippen molar-refractivity contribution in [1.82, 2.24) is 4.72 Å². The van der Waals surface area contributed by atoms with Crippen LogP contribution < -0.4 is 10.5 Å². The van der Waals surface area contributed by atoms with Crippen molar-refractivity contribution in [1.29, 1.82) is 0 Å². The molecule has 0 fully saturated rings. The van der Waals surface area contributed by atoms with E-state index in [9.17, 15) is 18.3 Å². The van der Waals surface area contributed by atoms with Crippen molar-refractivity contribution in [2.45, 2.75) is 37.3 Å². The second-order valence-corrected chi connectivity index (χ2v) is 6.53. The van der Waals surface area contributed by atoms with Gasteiger partial charge < -0.3 is 10.8 Å². The largest absolute Gasteiger partial charge is 0.389 e. The Hall–Kier alpha value is -1.44. The van der Waals surface area contributed by atoms with E-state index in [1.54, 1.807) is 6.07 Å². The average molecular weight is 286 g/mol. The number of nitrogens with one attached hydrogen (secondary N) is 1. The molecule has 1 unspecified atom stereocenters. The van der Waals surface area contributed by atoms with Gasteiger partial charge in [-0.3, -0.25) is 4.79 Å². The van der Waals surface area contributed by atoms with Gasteiger partial charge in [0, 0.05) is 0 Å². The summed E-state index contributed by atoms with van der Waals surface area (Å²) in [6.07, 6.45) is -0.778. The lowest BCUT2D eigenvalue weighted by atomic mass is 10.1. The summed E-state index contributed by atoms with van der Waals surface area (Å²) in [6.45, 7) is 4.29. The Kier molecular flexibility index (Phi) is 4.34. The van der Waals surface area contributed by atoms with Gasteiger partial charge in [0.05, 0.1) is 11.0 Å². The van der Waals surface area contributed by atoms with Crippen LogP contribution in [0, 0.1) is 0 Å². The van der Waals surface area contributed by atoms with Crippen molar-refractivity contribution in [3.05, 3.63) is 29.8 Å². The summed E-state index contributed by atoms with van der Waals surface area (Å²) in [4.78, 5) is 11.1. The van der Waals surface area contributed by atoms with Gasteiger partial charge in [-0.05, 0) is 38.5 Å². The highest BCUT2D eigenvalue weighted by molar-refractivity contribution is 7.89. The predicted octanol–water partition coefficient (Wildman–Crippen LogP) is 0.282. The lowest BCUT2D eigenvalue weighted by Gasteiger charge is -2.22. The lowest BCUT2D eigenvalue weighted by Crippen LogP contribution is -2.52. The minimum atomic E-state index is -3.88. The number of rotatable bonds is 5. The molecule has 0 saturated carbocycles. The van der Waals surface area contributed by atoms with Crippen LogP contribution in [0.3, 0.4) is 0 Å². The summed E-state index contributed by atoms with van der Waals surface area (Å²) in [6, 6.07) is 5.87. The normalized spacial score (nSPS) is 14.1.